The molecular weight excluding hydrogens is 288 g/mol. The van der Waals surface area contributed by atoms with E-state index in [-0.39, 0.29) is 0 Å². The third-order valence-electron chi connectivity index (χ3n) is 3.82. The van der Waals surface area contributed by atoms with E-state index in [9.17, 15) is 4.79 Å². The average molecular weight is 309 g/mol. The highest BCUT2D eigenvalue weighted by molar-refractivity contribution is 6.33. The van der Waals surface area contributed by atoms with Crippen LogP contribution in [0.1, 0.15) is 12.0 Å². The zero-order valence-corrected chi connectivity index (χ0v) is 13.2. The molecule has 0 radical (unpaired) electrons. The van der Waals surface area contributed by atoms with Gasteiger partial charge in [0.2, 0.25) is 0 Å². The van der Waals surface area contributed by atoms with Gasteiger partial charge in [0.25, 0.3) is 0 Å². The Balaban J connectivity index is 2.04. The van der Waals surface area contributed by atoms with E-state index in [0.717, 1.165) is 37.0 Å². The molecule has 1 fully saturated rings. The van der Waals surface area contributed by atoms with Crippen molar-refractivity contribution in [2.75, 3.05) is 38.6 Å². The monoisotopic (exact) mass is 308 g/mol. The van der Waals surface area contributed by atoms with E-state index in [2.05, 4.69) is 16.8 Å². The number of hydrogen-bond acceptors (Lipinski definition) is 3. The molecule has 5 heteroatoms. The van der Waals surface area contributed by atoms with Crippen molar-refractivity contribution in [1.29, 1.82) is 0 Å². The highest BCUT2D eigenvalue weighted by Gasteiger charge is 2.21. The maximum atomic E-state index is 10.5. The molecule has 4 nitrogen and oxygen atoms in total. The molecule has 1 aromatic carbocycles. The minimum absolute atomic E-state index is 0.649. The molecular formula is C16H21ClN2O2. The van der Waals surface area contributed by atoms with Crippen LogP contribution in [0.2, 0.25) is 5.02 Å². The van der Waals surface area contributed by atoms with Gasteiger partial charge in [0, 0.05) is 26.2 Å². The van der Waals surface area contributed by atoms with Crippen LogP contribution in [0.5, 0.6) is 0 Å². The van der Waals surface area contributed by atoms with Gasteiger partial charge in [0.05, 0.1) is 10.7 Å². The van der Waals surface area contributed by atoms with Crippen LogP contribution in [0.3, 0.4) is 0 Å². The van der Waals surface area contributed by atoms with Crippen molar-refractivity contribution in [2.24, 2.45) is 5.92 Å². The van der Waals surface area contributed by atoms with E-state index in [1.165, 1.54) is 6.42 Å². The molecule has 1 heterocycles. The molecule has 1 aromatic rings. The number of hydrogen-bond donors (Lipinski definition) is 1. The maximum absolute atomic E-state index is 10.5. The number of benzene rings is 1. The molecule has 2 rings (SSSR count). The van der Waals surface area contributed by atoms with Crippen LogP contribution in [0.4, 0.5) is 5.69 Å². The van der Waals surface area contributed by atoms with E-state index in [1.807, 2.05) is 19.2 Å². The predicted octanol–water partition coefficient (Wildman–Crippen LogP) is 2.83. The van der Waals surface area contributed by atoms with Crippen LogP contribution < -0.4 is 4.90 Å². The minimum atomic E-state index is -0.960. The number of anilines is 1. The van der Waals surface area contributed by atoms with E-state index >= 15 is 0 Å². The summed E-state index contributed by atoms with van der Waals surface area (Å²) in [5.41, 5.74) is 1.78. The first-order chi connectivity index (χ1) is 9.95. The normalized spacial score (nSPS) is 19.3. The third-order valence-corrected chi connectivity index (χ3v) is 4.13. The number of nitrogens with zero attached hydrogens (tertiary/aromatic N) is 2. The Bertz CT molecular complexity index is 545. The van der Waals surface area contributed by atoms with Gasteiger partial charge in [-0.05, 0) is 49.7 Å². The standard InChI is InChI=1S/C16H21ClN2O2/c1-18-8-7-13(10-18)11-19(2)15-5-3-12(9-14(15)17)4-6-16(20)21/h3-6,9,13H,7-8,10-11H2,1-2H3,(H,20,21)/b6-4+. The summed E-state index contributed by atoms with van der Waals surface area (Å²) in [7, 11) is 4.20. The molecule has 114 valence electrons. The number of carbonyl (C=O) groups is 1. The van der Waals surface area contributed by atoms with Crippen molar-refractivity contribution in [2.45, 2.75) is 6.42 Å². The fourth-order valence-electron chi connectivity index (χ4n) is 2.76. The van der Waals surface area contributed by atoms with E-state index in [1.54, 1.807) is 12.1 Å². The molecule has 21 heavy (non-hydrogen) atoms. The lowest BCUT2D eigenvalue weighted by Gasteiger charge is -2.24. The summed E-state index contributed by atoms with van der Waals surface area (Å²) in [4.78, 5) is 15.0. The summed E-state index contributed by atoms with van der Waals surface area (Å²) in [6.45, 7) is 3.26. The van der Waals surface area contributed by atoms with Gasteiger partial charge < -0.3 is 14.9 Å². The topological polar surface area (TPSA) is 43.8 Å². The molecule has 0 aromatic heterocycles. The maximum Gasteiger partial charge on any atom is 0.328 e. The van der Waals surface area contributed by atoms with Crippen LogP contribution >= 0.6 is 11.6 Å². The summed E-state index contributed by atoms with van der Waals surface area (Å²) < 4.78 is 0. The highest BCUT2D eigenvalue weighted by atomic mass is 35.5. The van der Waals surface area contributed by atoms with Crippen molar-refractivity contribution in [3.63, 3.8) is 0 Å². The van der Waals surface area contributed by atoms with Gasteiger partial charge in [0.1, 0.15) is 0 Å². The van der Waals surface area contributed by atoms with Gasteiger partial charge in [0.15, 0.2) is 0 Å². The smallest absolute Gasteiger partial charge is 0.328 e. The van der Waals surface area contributed by atoms with Crippen LogP contribution in [-0.4, -0.2) is 49.7 Å². The largest absolute Gasteiger partial charge is 0.478 e. The van der Waals surface area contributed by atoms with Gasteiger partial charge >= 0.3 is 5.97 Å². The molecule has 0 saturated carbocycles. The van der Waals surface area contributed by atoms with Gasteiger partial charge in [-0.1, -0.05) is 17.7 Å². The number of halogens is 1. The Hall–Kier alpha value is -1.52. The summed E-state index contributed by atoms with van der Waals surface area (Å²) >= 11 is 6.32. The molecule has 0 spiro atoms. The second-order valence-corrected chi connectivity index (χ2v) is 6.09. The van der Waals surface area contributed by atoms with Crippen LogP contribution in [0.25, 0.3) is 6.08 Å². The second kappa shape index (κ2) is 6.96. The molecule has 0 bridgehead atoms. The summed E-state index contributed by atoms with van der Waals surface area (Å²) in [6.07, 6.45) is 3.88. The molecule has 1 atom stereocenters. The number of carboxylic acid groups (broad SMARTS) is 1. The number of rotatable bonds is 5. The first kappa shape index (κ1) is 15.9. The summed E-state index contributed by atoms with van der Waals surface area (Å²) in [5, 5.41) is 9.29. The molecule has 0 aliphatic carbocycles. The number of carboxylic acids is 1. The van der Waals surface area contributed by atoms with E-state index in [4.69, 9.17) is 16.7 Å². The van der Waals surface area contributed by atoms with Gasteiger partial charge in [-0.15, -0.1) is 0 Å². The fraction of sp³-hybridized carbons (Fsp3) is 0.438. The Labute approximate surface area is 130 Å². The second-order valence-electron chi connectivity index (χ2n) is 5.68. The number of aliphatic carboxylic acids is 1. The molecule has 1 unspecified atom stereocenters. The van der Waals surface area contributed by atoms with Gasteiger partial charge in [-0.3, -0.25) is 0 Å². The quantitative estimate of drug-likeness (QED) is 0.850. The molecule has 0 amide bonds. The molecule has 1 N–H and O–H groups in total. The Morgan fingerprint density at radius 3 is 2.90 bits per heavy atom. The predicted molar refractivity (Wildman–Crippen MR) is 87.0 cm³/mol. The van der Waals surface area contributed by atoms with Crippen LogP contribution in [0.15, 0.2) is 24.3 Å². The molecule has 1 saturated heterocycles. The SMILES string of the molecule is CN1CCC(CN(C)c2ccc(/C=C/C(=O)O)cc2Cl)C1. The lowest BCUT2D eigenvalue weighted by atomic mass is 10.1. The lowest BCUT2D eigenvalue weighted by molar-refractivity contribution is -0.131. The summed E-state index contributed by atoms with van der Waals surface area (Å²) in [5.74, 6) is -0.291. The van der Waals surface area contributed by atoms with E-state index in [0.29, 0.717) is 10.9 Å². The zero-order valence-electron chi connectivity index (χ0n) is 12.4. The highest BCUT2D eigenvalue weighted by Crippen LogP contribution is 2.28. The van der Waals surface area contributed by atoms with Crippen molar-refractivity contribution >= 4 is 29.3 Å². The van der Waals surface area contributed by atoms with Crippen molar-refractivity contribution in [3.05, 3.63) is 34.9 Å². The first-order valence-corrected chi connectivity index (χ1v) is 7.43. The van der Waals surface area contributed by atoms with Crippen molar-refractivity contribution < 1.29 is 9.90 Å². The van der Waals surface area contributed by atoms with Crippen molar-refractivity contribution in [3.8, 4) is 0 Å². The number of likely N-dealkylation sites (tertiary alicyclic amines) is 1. The van der Waals surface area contributed by atoms with Gasteiger partial charge in [-0.25, -0.2) is 4.79 Å². The van der Waals surface area contributed by atoms with Crippen molar-refractivity contribution in [1.82, 2.24) is 4.90 Å². The third kappa shape index (κ3) is 4.48. The zero-order chi connectivity index (χ0) is 15.4. The molecule has 1 aliphatic heterocycles. The van der Waals surface area contributed by atoms with E-state index < -0.39 is 5.97 Å². The fourth-order valence-corrected chi connectivity index (χ4v) is 3.10. The Morgan fingerprint density at radius 1 is 1.57 bits per heavy atom. The Kier molecular flexibility index (Phi) is 5.26. The Morgan fingerprint density at radius 2 is 2.33 bits per heavy atom. The van der Waals surface area contributed by atoms with Crippen LogP contribution in [0, 0.1) is 5.92 Å². The minimum Gasteiger partial charge on any atom is -0.478 e. The molecule has 1 aliphatic rings. The average Bonchev–Trinajstić information content (AvgIpc) is 2.81. The first-order valence-electron chi connectivity index (χ1n) is 7.06. The lowest BCUT2D eigenvalue weighted by Crippen LogP contribution is -2.27. The van der Waals surface area contributed by atoms with Crippen LogP contribution in [-0.2, 0) is 4.79 Å². The van der Waals surface area contributed by atoms with Gasteiger partial charge in [-0.2, -0.15) is 0 Å². The summed E-state index contributed by atoms with van der Waals surface area (Å²) in [6, 6.07) is 5.63.